The first kappa shape index (κ1) is 14.3. The molecule has 1 unspecified atom stereocenters. The van der Waals surface area contributed by atoms with Crippen LogP contribution in [0.15, 0.2) is 54.6 Å². The number of hydrogen-bond acceptors (Lipinski definition) is 1. The van der Waals surface area contributed by atoms with E-state index in [-0.39, 0.29) is 0 Å². The Bertz CT molecular complexity index is 552. The standard InChI is InChI=1S/C20H25N/c1-3-20(17-11-9-15(2)10-12-17)21-19-13-18(14-19)16-7-5-4-6-8-16/h4-12,18-21H,3,13-14H2,1-2H3. The second-order valence-corrected chi connectivity index (χ2v) is 6.31. The fraction of sp³-hybridized carbons (Fsp3) is 0.400. The fourth-order valence-electron chi connectivity index (χ4n) is 3.28. The van der Waals surface area contributed by atoms with Gasteiger partial charge >= 0.3 is 0 Å². The molecule has 0 aromatic heterocycles. The van der Waals surface area contributed by atoms with Crippen molar-refractivity contribution >= 4 is 0 Å². The van der Waals surface area contributed by atoms with Gasteiger partial charge in [-0.3, -0.25) is 0 Å². The van der Waals surface area contributed by atoms with E-state index >= 15 is 0 Å². The minimum atomic E-state index is 0.493. The highest BCUT2D eigenvalue weighted by Gasteiger charge is 2.31. The summed E-state index contributed by atoms with van der Waals surface area (Å²) in [4.78, 5) is 0. The minimum Gasteiger partial charge on any atom is -0.307 e. The molecule has 0 saturated heterocycles. The van der Waals surface area contributed by atoms with Gasteiger partial charge in [-0.05, 0) is 43.2 Å². The number of rotatable bonds is 5. The Morgan fingerprint density at radius 2 is 1.67 bits per heavy atom. The highest BCUT2D eigenvalue weighted by Crippen LogP contribution is 2.38. The molecule has 21 heavy (non-hydrogen) atoms. The Morgan fingerprint density at radius 3 is 2.29 bits per heavy atom. The second kappa shape index (κ2) is 6.44. The molecule has 1 aliphatic carbocycles. The molecule has 3 rings (SSSR count). The topological polar surface area (TPSA) is 12.0 Å². The van der Waals surface area contributed by atoms with E-state index in [1.54, 1.807) is 0 Å². The van der Waals surface area contributed by atoms with Crippen LogP contribution in [0.2, 0.25) is 0 Å². The maximum atomic E-state index is 3.84. The average Bonchev–Trinajstić information content (AvgIpc) is 2.48. The molecular weight excluding hydrogens is 254 g/mol. The van der Waals surface area contributed by atoms with E-state index in [4.69, 9.17) is 0 Å². The van der Waals surface area contributed by atoms with Gasteiger partial charge in [0.05, 0.1) is 0 Å². The van der Waals surface area contributed by atoms with Crippen molar-refractivity contribution in [3.63, 3.8) is 0 Å². The van der Waals surface area contributed by atoms with Crippen molar-refractivity contribution in [3.8, 4) is 0 Å². The lowest BCUT2D eigenvalue weighted by Crippen LogP contribution is -2.41. The van der Waals surface area contributed by atoms with Gasteiger partial charge in [0.1, 0.15) is 0 Å². The molecule has 1 nitrogen and oxygen atoms in total. The van der Waals surface area contributed by atoms with Crippen LogP contribution in [0.5, 0.6) is 0 Å². The zero-order chi connectivity index (χ0) is 14.7. The third-order valence-electron chi connectivity index (χ3n) is 4.73. The highest BCUT2D eigenvalue weighted by atomic mass is 15.0. The van der Waals surface area contributed by atoms with Crippen molar-refractivity contribution in [2.24, 2.45) is 0 Å². The van der Waals surface area contributed by atoms with Crippen LogP contribution in [0.4, 0.5) is 0 Å². The molecule has 0 spiro atoms. The zero-order valence-electron chi connectivity index (χ0n) is 13.0. The summed E-state index contributed by atoms with van der Waals surface area (Å²) in [6.07, 6.45) is 3.69. The summed E-state index contributed by atoms with van der Waals surface area (Å²) < 4.78 is 0. The molecule has 0 heterocycles. The number of benzene rings is 2. The van der Waals surface area contributed by atoms with E-state index in [0.29, 0.717) is 12.1 Å². The van der Waals surface area contributed by atoms with Gasteiger partial charge in [-0.25, -0.2) is 0 Å². The van der Waals surface area contributed by atoms with Gasteiger partial charge in [-0.15, -0.1) is 0 Å². The first-order valence-electron chi connectivity index (χ1n) is 8.14. The summed E-state index contributed by atoms with van der Waals surface area (Å²) in [5.74, 6) is 0.749. The molecule has 1 heteroatoms. The first-order valence-corrected chi connectivity index (χ1v) is 8.14. The third-order valence-corrected chi connectivity index (χ3v) is 4.73. The molecule has 1 saturated carbocycles. The molecule has 2 aromatic carbocycles. The summed E-state index contributed by atoms with van der Waals surface area (Å²) in [5.41, 5.74) is 4.26. The molecule has 2 aromatic rings. The van der Waals surface area contributed by atoms with Crippen LogP contribution in [-0.2, 0) is 0 Å². The molecule has 1 atom stereocenters. The summed E-state index contributed by atoms with van der Waals surface area (Å²) in [6, 6.07) is 21.1. The predicted molar refractivity (Wildman–Crippen MR) is 89.6 cm³/mol. The van der Waals surface area contributed by atoms with E-state index in [1.807, 2.05) is 0 Å². The molecule has 0 amide bonds. The van der Waals surface area contributed by atoms with Crippen molar-refractivity contribution in [1.29, 1.82) is 0 Å². The highest BCUT2D eigenvalue weighted by molar-refractivity contribution is 5.26. The zero-order valence-corrected chi connectivity index (χ0v) is 13.0. The average molecular weight is 279 g/mol. The van der Waals surface area contributed by atoms with Gasteiger partial charge in [0.2, 0.25) is 0 Å². The Kier molecular flexibility index (Phi) is 4.40. The second-order valence-electron chi connectivity index (χ2n) is 6.31. The predicted octanol–water partition coefficient (Wildman–Crippen LogP) is 4.98. The van der Waals surface area contributed by atoms with Gasteiger partial charge in [-0.2, -0.15) is 0 Å². The van der Waals surface area contributed by atoms with Crippen LogP contribution in [0, 0.1) is 6.92 Å². The smallest absolute Gasteiger partial charge is 0.0320 e. The normalized spacial score (nSPS) is 22.6. The molecule has 0 radical (unpaired) electrons. The van der Waals surface area contributed by atoms with Crippen LogP contribution < -0.4 is 5.32 Å². The SMILES string of the molecule is CCC(NC1CC(c2ccccc2)C1)c1ccc(C)cc1. The summed E-state index contributed by atoms with van der Waals surface area (Å²) in [7, 11) is 0. The Labute approximate surface area is 128 Å². The van der Waals surface area contributed by atoms with E-state index in [2.05, 4.69) is 73.8 Å². The minimum absolute atomic E-state index is 0.493. The van der Waals surface area contributed by atoms with E-state index in [0.717, 1.165) is 12.3 Å². The number of nitrogens with one attached hydrogen (secondary N) is 1. The number of hydrogen-bond donors (Lipinski definition) is 1. The summed E-state index contributed by atoms with van der Waals surface area (Å²) >= 11 is 0. The Morgan fingerprint density at radius 1 is 1.00 bits per heavy atom. The lowest BCUT2D eigenvalue weighted by Gasteiger charge is -2.39. The maximum absolute atomic E-state index is 3.84. The number of aryl methyl sites for hydroxylation is 1. The monoisotopic (exact) mass is 279 g/mol. The van der Waals surface area contributed by atoms with Crippen LogP contribution >= 0.6 is 0 Å². The van der Waals surface area contributed by atoms with E-state index in [1.165, 1.54) is 29.5 Å². The van der Waals surface area contributed by atoms with Crippen LogP contribution in [0.3, 0.4) is 0 Å². The van der Waals surface area contributed by atoms with Crippen LogP contribution in [0.1, 0.15) is 54.8 Å². The van der Waals surface area contributed by atoms with Crippen molar-refractivity contribution in [2.45, 2.75) is 51.1 Å². The maximum Gasteiger partial charge on any atom is 0.0320 e. The molecule has 0 bridgehead atoms. The Hall–Kier alpha value is -1.60. The van der Waals surface area contributed by atoms with Gasteiger partial charge in [-0.1, -0.05) is 67.1 Å². The Balaban J connectivity index is 1.56. The summed E-state index contributed by atoms with van der Waals surface area (Å²) in [6.45, 7) is 4.42. The van der Waals surface area contributed by atoms with Gasteiger partial charge in [0, 0.05) is 12.1 Å². The van der Waals surface area contributed by atoms with Crippen LogP contribution in [-0.4, -0.2) is 6.04 Å². The summed E-state index contributed by atoms with van der Waals surface area (Å²) in [5, 5.41) is 3.84. The van der Waals surface area contributed by atoms with E-state index in [9.17, 15) is 0 Å². The lowest BCUT2D eigenvalue weighted by molar-refractivity contribution is 0.262. The van der Waals surface area contributed by atoms with Crippen molar-refractivity contribution < 1.29 is 0 Å². The molecule has 1 fully saturated rings. The quantitative estimate of drug-likeness (QED) is 0.813. The van der Waals surface area contributed by atoms with Crippen LogP contribution in [0.25, 0.3) is 0 Å². The lowest BCUT2D eigenvalue weighted by atomic mass is 9.75. The molecular formula is C20H25N. The van der Waals surface area contributed by atoms with Gasteiger partial charge < -0.3 is 5.32 Å². The first-order chi connectivity index (χ1) is 10.3. The molecule has 1 N–H and O–H groups in total. The fourth-order valence-corrected chi connectivity index (χ4v) is 3.28. The third kappa shape index (κ3) is 3.36. The van der Waals surface area contributed by atoms with Gasteiger partial charge in [0.15, 0.2) is 0 Å². The van der Waals surface area contributed by atoms with E-state index < -0.39 is 0 Å². The molecule has 1 aliphatic rings. The van der Waals surface area contributed by atoms with Crippen molar-refractivity contribution in [2.75, 3.05) is 0 Å². The van der Waals surface area contributed by atoms with Crippen molar-refractivity contribution in [1.82, 2.24) is 5.32 Å². The molecule has 110 valence electrons. The largest absolute Gasteiger partial charge is 0.307 e. The van der Waals surface area contributed by atoms with Gasteiger partial charge in [0.25, 0.3) is 0 Å². The molecule has 0 aliphatic heterocycles. The van der Waals surface area contributed by atoms with Crippen molar-refractivity contribution in [3.05, 3.63) is 71.3 Å².